The van der Waals surface area contributed by atoms with Gasteiger partial charge in [-0.1, -0.05) is 26.0 Å². The summed E-state index contributed by atoms with van der Waals surface area (Å²) in [6.45, 7) is 7.86. The standard InChI is InChI=1S/C21H29N3O5S2/c1-5-24(6-2)31(28,29)19-12-10-18(11-13-19)21(25)22-15-17-8-7-9-20(14-17)30(26,27)23-16(3)4/h7-14,16,23H,5-6,15H2,1-4H3,(H,22,25). The Kier molecular flexibility index (Phi) is 8.35. The summed E-state index contributed by atoms with van der Waals surface area (Å²) in [7, 11) is -7.21. The lowest BCUT2D eigenvalue weighted by Crippen LogP contribution is -2.30. The van der Waals surface area contributed by atoms with Crippen LogP contribution in [0.3, 0.4) is 0 Å². The van der Waals surface area contributed by atoms with E-state index < -0.39 is 20.0 Å². The van der Waals surface area contributed by atoms with Gasteiger partial charge < -0.3 is 5.32 Å². The predicted octanol–water partition coefficient (Wildman–Crippen LogP) is 2.33. The molecule has 0 heterocycles. The highest BCUT2D eigenvalue weighted by Gasteiger charge is 2.21. The van der Waals surface area contributed by atoms with E-state index in [-0.39, 0.29) is 28.3 Å². The maximum Gasteiger partial charge on any atom is 0.251 e. The van der Waals surface area contributed by atoms with Crippen LogP contribution in [0.4, 0.5) is 0 Å². The molecule has 0 atom stereocenters. The number of carbonyl (C=O) groups is 1. The molecule has 31 heavy (non-hydrogen) atoms. The van der Waals surface area contributed by atoms with Crippen molar-refractivity contribution in [1.29, 1.82) is 0 Å². The molecule has 10 heteroatoms. The Morgan fingerprint density at radius 2 is 1.55 bits per heavy atom. The van der Waals surface area contributed by atoms with Crippen LogP contribution in [0.2, 0.25) is 0 Å². The molecule has 0 aromatic heterocycles. The van der Waals surface area contributed by atoms with Crippen molar-refractivity contribution in [3.63, 3.8) is 0 Å². The van der Waals surface area contributed by atoms with E-state index in [2.05, 4.69) is 10.0 Å². The van der Waals surface area contributed by atoms with E-state index in [1.54, 1.807) is 39.8 Å². The van der Waals surface area contributed by atoms with Gasteiger partial charge in [-0.15, -0.1) is 0 Å². The molecule has 0 saturated heterocycles. The Morgan fingerprint density at radius 1 is 0.935 bits per heavy atom. The molecule has 2 aromatic carbocycles. The molecular formula is C21H29N3O5S2. The summed E-state index contributed by atoms with van der Waals surface area (Å²) >= 11 is 0. The van der Waals surface area contributed by atoms with Gasteiger partial charge in [0.1, 0.15) is 0 Å². The first-order valence-electron chi connectivity index (χ1n) is 10.0. The number of hydrogen-bond donors (Lipinski definition) is 2. The second-order valence-corrected chi connectivity index (χ2v) is 10.9. The van der Waals surface area contributed by atoms with Crippen LogP contribution >= 0.6 is 0 Å². The first kappa shape index (κ1) is 25.0. The highest BCUT2D eigenvalue weighted by Crippen LogP contribution is 2.17. The molecule has 0 aliphatic heterocycles. The van der Waals surface area contributed by atoms with Gasteiger partial charge in [-0.3, -0.25) is 4.79 Å². The van der Waals surface area contributed by atoms with Gasteiger partial charge in [0.05, 0.1) is 9.79 Å². The number of rotatable bonds is 10. The smallest absolute Gasteiger partial charge is 0.251 e. The van der Waals surface area contributed by atoms with Gasteiger partial charge in [0, 0.05) is 31.2 Å². The minimum Gasteiger partial charge on any atom is -0.348 e. The minimum atomic E-state index is -3.63. The molecule has 0 fully saturated rings. The topological polar surface area (TPSA) is 113 Å². The number of carbonyl (C=O) groups excluding carboxylic acids is 1. The summed E-state index contributed by atoms with van der Waals surface area (Å²) in [6.07, 6.45) is 0. The maximum absolute atomic E-state index is 12.5. The molecule has 0 aliphatic rings. The van der Waals surface area contributed by atoms with E-state index in [0.29, 0.717) is 24.2 Å². The number of sulfonamides is 2. The first-order chi connectivity index (χ1) is 14.5. The van der Waals surface area contributed by atoms with Crippen molar-refractivity contribution in [1.82, 2.24) is 14.3 Å². The molecular weight excluding hydrogens is 438 g/mol. The van der Waals surface area contributed by atoms with E-state index in [4.69, 9.17) is 0 Å². The number of nitrogens with one attached hydrogen (secondary N) is 2. The van der Waals surface area contributed by atoms with E-state index in [1.807, 2.05) is 0 Å². The number of nitrogens with zero attached hydrogens (tertiary/aromatic N) is 1. The zero-order chi connectivity index (χ0) is 23.2. The van der Waals surface area contributed by atoms with Crippen molar-refractivity contribution in [2.45, 2.75) is 50.1 Å². The molecule has 2 aromatic rings. The fourth-order valence-electron chi connectivity index (χ4n) is 2.98. The van der Waals surface area contributed by atoms with Gasteiger partial charge in [0.15, 0.2) is 0 Å². The van der Waals surface area contributed by atoms with E-state index in [9.17, 15) is 21.6 Å². The van der Waals surface area contributed by atoms with E-state index in [0.717, 1.165) is 0 Å². The Morgan fingerprint density at radius 3 is 2.10 bits per heavy atom. The lowest BCUT2D eigenvalue weighted by molar-refractivity contribution is 0.0950. The van der Waals surface area contributed by atoms with Gasteiger partial charge in [0.25, 0.3) is 5.91 Å². The number of amides is 1. The van der Waals surface area contributed by atoms with Crippen LogP contribution in [0.25, 0.3) is 0 Å². The summed E-state index contributed by atoms with van der Waals surface area (Å²) in [4.78, 5) is 12.7. The van der Waals surface area contributed by atoms with E-state index >= 15 is 0 Å². The fraction of sp³-hybridized carbons (Fsp3) is 0.381. The van der Waals surface area contributed by atoms with Crippen molar-refractivity contribution < 1.29 is 21.6 Å². The monoisotopic (exact) mass is 467 g/mol. The average molecular weight is 468 g/mol. The molecule has 0 spiro atoms. The first-order valence-corrected chi connectivity index (χ1v) is 12.9. The van der Waals surface area contributed by atoms with Crippen LogP contribution in [0.5, 0.6) is 0 Å². The van der Waals surface area contributed by atoms with Crippen molar-refractivity contribution >= 4 is 26.0 Å². The van der Waals surface area contributed by atoms with Crippen LogP contribution in [0, 0.1) is 0 Å². The van der Waals surface area contributed by atoms with E-state index in [1.165, 1.54) is 40.7 Å². The molecule has 8 nitrogen and oxygen atoms in total. The Balaban J connectivity index is 2.09. The lowest BCUT2D eigenvalue weighted by atomic mass is 10.2. The third-order valence-electron chi connectivity index (χ3n) is 4.51. The fourth-order valence-corrected chi connectivity index (χ4v) is 5.76. The second kappa shape index (κ2) is 10.4. The van der Waals surface area contributed by atoms with Gasteiger partial charge in [-0.25, -0.2) is 21.6 Å². The molecule has 0 bridgehead atoms. The third-order valence-corrected chi connectivity index (χ3v) is 8.23. The minimum absolute atomic E-state index is 0.124. The maximum atomic E-state index is 12.5. The van der Waals surface area contributed by atoms with Crippen LogP contribution in [-0.2, 0) is 26.6 Å². The average Bonchev–Trinajstić information content (AvgIpc) is 2.72. The van der Waals surface area contributed by atoms with Crippen molar-refractivity contribution in [3.8, 4) is 0 Å². The summed E-state index contributed by atoms with van der Waals surface area (Å²) < 4.78 is 53.6. The predicted molar refractivity (Wildman–Crippen MR) is 120 cm³/mol. The Labute approximate surface area is 184 Å². The molecule has 2 rings (SSSR count). The Bertz CT molecular complexity index is 1110. The number of hydrogen-bond acceptors (Lipinski definition) is 5. The zero-order valence-corrected chi connectivity index (χ0v) is 19.8. The summed E-state index contributed by atoms with van der Waals surface area (Å²) in [5.74, 6) is -0.389. The van der Waals surface area contributed by atoms with Gasteiger partial charge >= 0.3 is 0 Å². The quantitative estimate of drug-likeness (QED) is 0.557. The van der Waals surface area contributed by atoms with Crippen LogP contribution in [-0.4, -0.2) is 46.2 Å². The normalized spacial score (nSPS) is 12.3. The third kappa shape index (κ3) is 6.36. The van der Waals surface area contributed by atoms with Gasteiger partial charge in [0.2, 0.25) is 20.0 Å². The van der Waals surface area contributed by atoms with Gasteiger partial charge in [-0.05, 0) is 55.8 Å². The highest BCUT2D eigenvalue weighted by atomic mass is 32.2. The van der Waals surface area contributed by atoms with Crippen molar-refractivity contribution in [3.05, 3.63) is 59.7 Å². The largest absolute Gasteiger partial charge is 0.348 e. The van der Waals surface area contributed by atoms with Crippen LogP contribution in [0.1, 0.15) is 43.6 Å². The highest BCUT2D eigenvalue weighted by molar-refractivity contribution is 7.89. The van der Waals surface area contributed by atoms with Crippen molar-refractivity contribution in [2.75, 3.05) is 13.1 Å². The molecule has 1 amide bonds. The zero-order valence-electron chi connectivity index (χ0n) is 18.1. The van der Waals surface area contributed by atoms with Crippen LogP contribution < -0.4 is 10.0 Å². The SMILES string of the molecule is CCN(CC)S(=O)(=O)c1ccc(C(=O)NCc2cccc(S(=O)(=O)NC(C)C)c2)cc1. The lowest BCUT2D eigenvalue weighted by Gasteiger charge is -2.18. The van der Waals surface area contributed by atoms with Crippen LogP contribution in [0.15, 0.2) is 58.3 Å². The molecule has 170 valence electrons. The molecule has 0 unspecified atom stereocenters. The summed E-state index contributed by atoms with van der Waals surface area (Å²) in [6, 6.07) is 11.8. The summed E-state index contributed by atoms with van der Waals surface area (Å²) in [5.41, 5.74) is 0.935. The second-order valence-electron chi connectivity index (χ2n) is 7.22. The molecule has 0 saturated carbocycles. The molecule has 0 radical (unpaired) electrons. The van der Waals surface area contributed by atoms with Gasteiger partial charge in [-0.2, -0.15) is 4.31 Å². The summed E-state index contributed by atoms with van der Waals surface area (Å²) in [5, 5.41) is 2.72. The molecule has 2 N–H and O–H groups in total. The Hall–Kier alpha value is -2.27. The molecule has 0 aliphatic carbocycles. The van der Waals surface area contributed by atoms with Crippen molar-refractivity contribution in [2.24, 2.45) is 0 Å². The number of benzene rings is 2.